The molecule has 0 bridgehead atoms. The van der Waals surface area contributed by atoms with Gasteiger partial charge in [-0.3, -0.25) is 4.90 Å². The van der Waals surface area contributed by atoms with E-state index in [2.05, 4.69) is 44.5 Å². The SMILES string of the molecule is COc1ccc(CN(c2cccc(F)n2)S(=O)(=O)c2c(F)cc(N3CC[C@@](C)(N(C(C)C)C(C)C)C3)c(Cl)c2F)c(OC)c1. The highest BCUT2D eigenvalue weighted by atomic mass is 35.5. The fourth-order valence-corrected chi connectivity index (χ4v) is 8.15. The van der Waals surface area contributed by atoms with Crippen LogP contribution in [0.2, 0.25) is 5.02 Å². The van der Waals surface area contributed by atoms with E-state index in [1.54, 1.807) is 11.0 Å². The molecule has 240 valence electrons. The maximum absolute atomic E-state index is 16.1. The van der Waals surface area contributed by atoms with Crippen molar-refractivity contribution in [1.29, 1.82) is 0 Å². The van der Waals surface area contributed by atoms with Crippen molar-refractivity contribution in [3.8, 4) is 11.5 Å². The maximum Gasteiger partial charge on any atom is 0.271 e. The van der Waals surface area contributed by atoms with Crippen LogP contribution in [0.3, 0.4) is 0 Å². The number of benzene rings is 2. The lowest BCUT2D eigenvalue weighted by molar-refractivity contribution is 0.0529. The van der Waals surface area contributed by atoms with E-state index < -0.39 is 44.1 Å². The Morgan fingerprint density at radius 3 is 2.32 bits per heavy atom. The van der Waals surface area contributed by atoms with Gasteiger partial charge in [0.1, 0.15) is 28.2 Å². The molecule has 13 heteroatoms. The average molecular weight is 655 g/mol. The first-order valence-corrected chi connectivity index (χ1v) is 16.0. The zero-order valence-electron chi connectivity index (χ0n) is 25.9. The molecule has 2 heterocycles. The third kappa shape index (κ3) is 6.43. The topological polar surface area (TPSA) is 75.2 Å². The number of ether oxygens (including phenoxy) is 2. The van der Waals surface area contributed by atoms with Gasteiger partial charge in [-0.25, -0.2) is 26.5 Å². The van der Waals surface area contributed by atoms with Crippen LogP contribution in [0, 0.1) is 17.6 Å². The van der Waals surface area contributed by atoms with Crippen molar-refractivity contribution < 1.29 is 31.1 Å². The number of nitrogens with zero attached hydrogens (tertiary/aromatic N) is 4. The molecule has 1 aromatic heterocycles. The van der Waals surface area contributed by atoms with Crippen molar-refractivity contribution in [2.75, 3.05) is 36.5 Å². The molecule has 1 atom stereocenters. The zero-order valence-corrected chi connectivity index (χ0v) is 27.4. The van der Waals surface area contributed by atoms with Gasteiger partial charge >= 0.3 is 0 Å². The maximum atomic E-state index is 16.1. The van der Waals surface area contributed by atoms with Crippen molar-refractivity contribution in [3.05, 3.63) is 70.6 Å². The van der Waals surface area contributed by atoms with E-state index in [0.29, 0.717) is 35.1 Å². The minimum Gasteiger partial charge on any atom is -0.497 e. The number of hydrogen-bond acceptors (Lipinski definition) is 7. The van der Waals surface area contributed by atoms with Gasteiger partial charge in [0.25, 0.3) is 10.0 Å². The second-order valence-corrected chi connectivity index (χ2v) is 13.8. The summed E-state index contributed by atoms with van der Waals surface area (Å²) in [5.74, 6) is -3.46. The van der Waals surface area contributed by atoms with E-state index in [1.807, 2.05) is 0 Å². The van der Waals surface area contributed by atoms with Crippen LogP contribution in [-0.4, -0.2) is 63.2 Å². The summed E-state index contributed by atoms with van der Waals surface area (Å²) < 4.78 is 85.6. The van der Waals surface area contributed by atoms with Crippen LogP contribution in [0.4, 0.5) is 24.7 Å². The molecule has 8 nitrogen and oxygen atoms in total. The third-order valence-corrected chi connectivity index (χ3v) is 10.1. The van der Waals surface area contributed by atoms with Gasteiger partial charge in [0.05, 0.1) is 26.5 Å². The van der Waals surface area contributed by atoms with E-state index in [0.717, 1.165) is 12.1 Å². The predicted octanol–water partition coefficient (Wildman–Crippen LogP) is 6.65. The molecule has 0 aliphatic carbocycles. The van der Waals surface area contributed by atoms with Crippen LogP contribution in [0.25, 0.3) is 0 Å². The summed E-state index contributed by atoms with van der Waals surface area (Å²) in [6.07, 6.45) is 0.714. The molecule has 1 fully saturated rings. The van der Waals surface area contributed by atoms with Gasteiger partial charge in [0.2, 0.25) is 5.95 Å². The smallest absolute Gasteiger partial charge is 0.271 e. The molecular formula is C31H38ClF3N4O4S. The molecule has 0 amide bonds. The van der Waals surface area contributed by atoms with Crippen molar-refractivity contribution >= 4 is 33.1 Å². The van der Waals surface area contributed by atoms with Crippen LogP contribution >= 0.6 is 11.6 Å². The second kappa shape index (κ2) is 13.0. The van der Waals surface area contributed by atoms with Crippen LogP contribution < -0.4 is 18.7 Å². The monoisotopic (exact) mass is 654 g/mol. The number of methoxy groups -OCH3 is 2. The summed E-state index contributed by atoms with van der Waals surface area (Å²) in [5, 5.41) is -0.524. The van der Waals surface area contributed by atoms with Crippen LogP contribution in [0.5, 0.6) is 11.5 Å². The molecule has 1 aliphatic heterocycles. The van der Waals surface area contributed by atoms with Crippen molar-refractivity contribution in [1.82, 2.24) is 9.88 Å². The van der Waals surface area contributed by atoms with Crippen LogP contribution in [0.1, 0.15) is 46.6 Å². The summed E-state index contributed by atoms with van der Waals surface area (Å²) >= 11 is 6.48. The lowest BCUT2D eigenvalue weighted by Crippen LogP contribution is -2.54. The highest BCUT2D eigenvalue weighted by molar-refractivity contribution is 7.92. The van der Waals surface area contributed by atoms with E-state index in [9.17, 15) is 12.8 Å². The molecule has 0 unspecified atom stereocenters. The third-order valence-electron chi connectivity index (χ3n) is 7.94. The fraction of sp³-hybridized carbons (Fsp3) is 0.452. The molecule has 0 saturated carbocycles. The molecular weight excluding hydrogens is 617 g/mol. The Balaban J connectivity index is 1.79. The molecule has 4 rings (SSSR count). The Kier molecular flexibility index (Phi) is 9.96. The van der Waals surface area contributed by atoms with Gasteiger partial charge in [-0.2, -0.15) is 4.39 Å². The quantitative estimate of drug-likeness (QED) is 0.169. The highest BCUT2D eigenvalue weighted by Crippen LogP contribution is 2.41. The lowest BCUT2D eigenvalue weighted by Gasteiger charge is -2.44. The normalized spacial score (nSPS) is 17.2. The van der Waals surface area contributed by atoms with Gasteiger partial charge in [0, 0.05) is 48.4 Å². The molecule has 1 saturated heterocycles. The number of halogens is 4. The van der Waals surface area contributed by atoms with Gasteiger partial charge in [-0.05, 0) is 65.3 Å². The first-order chi connectivity index (χ1) is 20.6. The standard InChI is InChI=1S/C31H38ClF3N4O4S/c1-19(2)39(20(3)4)31(5)13-14-37(18-31)24-16-23(33)30(29(35)28(24)32)44(40,41)38(27-10-8-9-26(34)36-27)17-21-11-12-22(42-6)15-25(21)43-7/h8-12,15-16,19-20H,13-14,17-18H2,1-7H3/t31-/m1/s1. The minimum absolute atomic E-state index is 0.0593. The number of rotatable bonds is 11. The Hall–Kier alpha value is -3.22. The molecule has 44 heavy (non-hydrogen) atoms. The van der Waals surface area contributed by atoms with Crippen molar-refractivity contribution in [2.45, 2.75) is 70.1 Å². The summed E-state index contributed by atoms with van der Waals surface area (Å²) in [7, 11) is -2.21. The molecule has 2 aromatic carbocycles. The van der Waals surface area contributed by atoms with E-state index in [4.69, 9.17) is 21.1 Å². The summed E-state index contributed by atoms with van der Waals surface area (Å²) in [6, 6.07) is 9.52. The summed E-state index contributed by atoms with van der Waals surface area (Å²) in [6.45, 7) is 10.9. The summed E-state index contributed by atoms with van der Waals surface area (Å²) in [5.41, 5.74) is 0.0624. The number of hydrogen-bond donors (Lipinski definition) is 0. The summed E-state index contributed by atoms with van der Waals surface area (Å²) in [4.78, 5) is 6.56. The first kappa shape index (κ1) is 33.7. The van der Waals surface area contributed by atoms with Gasteiger partial charge in [-0.1, -0.05) is 17.7 Å². The molecule has 0 N–H and O–H groups in total. The first-order valence-electron chi connectivity index (χ1n) is 14.2. The van der Waals surface area contributed by atoms with Crippen LogP contribution in [-0.2, 0) is 16.6 Å². The minimum atomic E-state index is -5.04. The number of pyridine rings is 1. The van der Waals surface area contributed by atoms with E-state index in [1.165, 1.54) is 38.5 Å². The average Bonchev–Trinajstić information content (AvgIpc) is 3.34. The van der Waals surface area contributed by atoms with Gasteiger partial charge in [0.15, 0.2) is 10.7 Å². The van der Waals surface area contributed by atoms with Gasteiger partial charge < -0.3 is 14.4 Å². The Morgan fingerprint density at radius 2 is 1.73 bits per heavy atom. The molecule has 1 aliphatic rings. The van der Waals surface area contributed by atoms with Crippen LogP contribution in [0.15, 0.2) is 47.4 Å². The molecule has 0 radical (unpaired) electrons. The highest BCUT2D eigenvalue weighted by Gasteiger charge is 2.43. The predicted molar refractivity (Wildman–Crippen MR) is 166 cm³/mol. The Labute approximate surface area is 262 Å². The Morgan fingerprint density at radius 1 is 1.05 bits per heavy atom. The molecule has 0 spiro atoms. The number of anilines is 2. The van der Waals surface area contributed by atoms with Crippen molar-refractivity contribution in [2.24, 2.45) is 0 Å². The number of sulfonamides is 1. The Bertz CT molecular complexity index is 1620. The molecule has 3 aromatic rings. The second-order valence-electron chi connectivity index (χ2n) is 11.6. The largest absolute Gasteiger partial charge is 0.497 e. The van der Waals surface area contributed by atoms with E-state index >= 15 is 8.78 Å². The van der Waals surface area contributed by atoms with Gasteiger partial charge in [-0.15, -0.1) is 0 Å². The van der Waals surface area contributed by atoms with Crippen molar-refractivity contribution in [3.63, 3.8) is 0 Å². The zero-order chi connectivity index (χ0) is 32.6. The van der Waals surface area contributed by atoms with E-state index in [-0.39, 0.29) is 34.9 Å². The lowest BCUT2D eigenvalue weighted by atomic mass is 9.95. The number of aromatic nitrogens is 1. The fourth-order valence-electron chi connectivity index (χ4n) is 6.31.